The number of aliphatic imine (C=N–C) groups is 1. The zero-order chi connectivity index (χ0) is 17.2. The van der Waals surface area contributed by atoms with Gasteiger partial charge in [-0.05, 0) is 49.3 Å². The van der Waals surface area contributed by atoms with Crippen LogP contribution >= 0.6 is 24.0 Å². The summed E-state index contributed by atoms with van der Waals surface area (Å²) in [6.45, 7) is 4.65. The van der Waals surface area contributed by atoms with E-state index >= 15 is 0 Å². The maximum absolute atomic E-state index is 12.1. The molecule has 1 aliphatic carbocycles. The zero-order valence-corrected chi connectivity index (χ0v) is 17.7. The SMILES string of the molecule is CC1CCN(C(N)=NCc2ccc(S(=O)(=O)NC3CC3)cc2)CC1.I. The maximum Gasteiger partial charge on any atom is 0.240 e. The Kier molecular flexibility index (Phi) is 7.10. The smallest absolute Gasteiger partial charge is 0.240 e. The predicted octanol–water partition coefficient (Wildman–Crippen LogP) is 2.29. The van der Waals surface area contributed by atoms with Crippen LogP contribution in [0.5, 0.6) is 0 Å². The van der Waals surface area contributed by atoms with Gasteiger partial charge in [0.25, 0.3) is 0 Å². The number of rotatable bonds is 5. The number of hydrogen-bond acceptors (Lipinski definition) is 3. The van der Waals surface area contributed by atoms with Crippen molar-refractivity contribution in [1.82, 2.24) is 9.62 Å². The summed E-state index contributed by atoms with van der Waals surface area (Å²) in [6, 6.07) is 6.99. The summed E-state index contributed by atoms with van der Waals surface area (Å²) in [5.41, 5.74) is 7.03. The van der Waals surface area contributed by atoms with Gasteiger partial charge in [0, 0.05) is 19.1 Å². The minimum absolute atomic E-state index is 0. The number of guanidine groups is 1. The number of sulfonamides is 1. The van der Waals surface area contributed by atoms with Crippen molar-refractivity contribution in [3.05, 3.63) is 29.8 Å². The van der Waals surface area contributed by atoms with Gasteiger partial charge in [-0.15, -0.1) is 24.0 Å². The molecule has 2 fully saturated rings. The minimum atomic E-state index is -3.39. The molecule has 1 aromatic carbocycles. The predicted molar refractivity (Wildman–Crippen MR) is 110 cm³/mol. The van der Waals surface area contributed by atoms with E-state index < -0.39 is 10.0 Å². The van der Waals surface area contributed by atoms with E-state index in [1.807, 2.05) is 0 Å². The van der Waals surface area contributed by atoms with Gasteiger partial charge in [0.2, 0.25) is 10.0 Å². The average molecular weight is 478 g/mol. The molecule has 8 heteroatoms. The molecule has 0 spiro atoms. The summed E-state index contributed by atoms with van der Waals surface area (Å²) in [6.07, 6.45) is 4.16. The van der Waals surface area contributed by atoms with E-state index in [2.05, 4.69) is 21.5 Å². The van der Waals surface area contributed by atoms with E-state index in [4.69, 9.17) is 5.73 Å². The van der Waals surface area contributed by atoms with Crippen LogP contribution in [0.1, 0.15) is 38.2 Å². The van der Waals surface area contributed by atoms with Gasteiger partial charge in [-0.3, -0.25) is 0 Å². The molecular weight excluding hydrogens is 451 g/mol. The molecule has 0 bridgehead atoms. The van der Waals surface area contributed by atoms with Crippen molar-refractivity contribution in [2.45, 2.75) is 50.1 Å². The summed E-state index contributed by atoms with van der Waals surface area (Å²) in [5, 5.41) is 0. The number of benzene rings is 1. The fourth-order valence-corrected chi connectivity index (χ4v) is 4.08. The quantitative estimate of drug-likeness (QED) is 0.386. The van der Waals surface area contributed by atoms with E-state index in [0.717, 1.165) is 50.3 Å². The van der Waals surface area contributed by atoms with E-state index in [9.17, 15) is 8.42 Å². The lowest BCUT2D eigenvalue weighted by Crippen LogP contribution is -2.42. The first-order valence-electron chi connectivity index (χ1n) is 8.60. The molecular formula is C17H27IN4O2S. The molecule has 2 aliphatic rings. The van der Waals surface area contributed by atoms with Crippen LogP contribution in [0.4, 0.5) is 0 Å². The lowest BCUT2D eigenvalue weighted by atomic mass is 10.00. The minimum Gasteiger partial charge on any atom is -0.370 e. The van der Waals surface area contributed by atoms with Gasteiger partial charge in [-0.1, -0.05) is 19.1 Å². The second-order valence-electron chi connectivity index (χ2n) is 6.88. The van der Waals surface area contributed by atoms with E-state index in [0.29, 0.717) is 17.4 Å². The highest BCUT2D eigenvalue weighted by atomic mass is 127. The molecule has 6 nitrogen and oxygen atoms in total. The van der Waals surface area contributed by atoms with Crippen LogP contribution in [-0.4, -0.2) is 38.4 Å². The zero-order valence-electron chi connectivity index (χ0n) is 14.5. The van der Waals surface area contributed by atoms with Crippen LogP contribution in [0.2, 0.25) is 0 Å². The van der Waals surface area contributed by atoms with Gasteiger partial charge in [0.15, 0.2) is 5.96 Å². The van der Waals surface area contributed by atoms with Crippen molar-refractivity contribution in [3.8, 4) is 0 Å². The fraction of sp³-hybridized carbons (Fsp3) is 0.588. The number of piperidine rings is 1. The van der Waals surface area contributed by atoms with Crippen molar-refractivity contribution < 1.29 is 8.42 Å². The van der Waals surface area contributed by atoms with Crippen molar-refractivity contribution >= 4 is 40.0 Å². The summed E-state index contributed by atoms with van der Waals surface area (Å²) >= 11 is 0. The fourth-order valence-electron chi connectivity index (χ4n) is 2.77. The van der Waals surface area contributed by atoms with E-state index in [1.165, 1.54) is 0 Å². The molecule has 1 heterocycles. The molecule has 0 radical (unpaired) electrons. The molecule has 1 saturated carbocycles. The summed E-state index contributed by atoms with van der Waals surface area (Å²) < 4.78 is 26.9. The summed E-state index contributed by atoms with van der Waals surface area (Å²) in [4.78, 5) is 6.88. The Labute approximate surface area is 167 Å². The average Bonchev–Trinajstić information content (AvgIpc) is 3.37. The summed E-state index contributed by atoms with van der Waals surface area (Å²) in [7, 11) is -3.39. The molecule has 3 N–H and O–H groups in total. The van der Waals surface area contributed by atoms with Crippen LogP contribution in [0.15, 0.2) is 34.2 Å². The number of halogens is 1. The van der Waals surface area contributed by atoms with Crippen molar-refractivity contribution in [2.75, 3.05) is 13.1 Å². The Balaban J connectivity index is 0.00000225. The van der Waals surface area contributed by atoms with Gasteiger partial charge in [0.05, 0.1) is 11.4 Å². The van der Waals surface area contributed by atoms with Crippen molar-refractivity contribution in [3.63, 3.8) is 0 Å². The van der Waals surface area contributed by atoms with Crippen molar-refractivity contribution in [1.29, 1.82) is 0 Å². The second kappa shape index (κ2) is 8.68. The summed E-state index contributed by atoms with van der Waals surface area (Å²) in [5.74, 6) is 1.33. The van der Waals surface area contributed by atoms with Crippen LogP contribution in [0.25, 0.3) is 0 Å². The highest BCUT2D eigenvalue weighted by molar-refractivity contribution is 14.0. The lowest BCUT2D eigenvalue weighted by molar-refractivity contribution is 0.277. The molecule has 1 aliphatic heterocycles. The number of nitrogens with one attached hydrogen (secondary N) is 1. The first kappa shape index (κ1) is 20.4. The molecule has 3 rings (SSSR count). The number of likely N-dealkylation sites (tertiary alicyclic amines) is 1. The highest BCUT2D eigenvalue weighted by Crippen LogP contribution is 2.22. The molecule has 0 amide bonds. The first-order valence-corrected chi connectivity index (χ1v) is 10.1. The van der Waals surface area contributed by atoms with Gasteiger partial charge in [0.1, 0.15) is 0 Å². The molecule has 25 heavy (non-hydrogen) atoms. The third-order valence-corrected chi connectivity index (χ3v) is 6.20. The van der Waals surface area contributed by atoms with E-state index in [-0.39, 0.29) is 30.0 Å². The Morgan fingerprint density at radius 2 is 1.80 bits per heavy atom. The lowest BCUT2D eigenvalue weighted by Gasteiger charge is -2.31. The van der Waals surface area contributed by atoms with Gasteiger partial charge in [-0.2, -0.15) is 0 Å². The van der Waals surface area contributed by atoms with Crippen LogP contribution < -0.4 is 10.5 Å². The largest absolute Gasteiger partial charge is 0.370 e. The monoisotopic (exact) mass is 478 g/mol. The Morgan fingerprint density at radius 1 is 1.20 bits per heavy atom. The molecule has 1 saturated heterocycles. The highest BCUT2D eigenvalue weighted by Gasteiger charge is 2.27. The van der Waals surface area contributed by atoms with Crippen LogP contribution in [0, 0.1) is 5.92 Å². The van der Waals surface area contributed by atoms with Crippen molar-refractivity contribution in [2.24, 2.45) is 16.6 Å². The Hall–Kier alpha value is -0.870. The van der Waals surface area contributed by atoms with Crippen LogP contribution in [0.3, 0.4) is 0 Å². The second-order valence-corrected chi connectivity index (χ2v) is 8.60. The Bertz CT molecular complexity index is 694. The topological polar surface area (TPSA) is 87.8 Å². The molecule has 140 valence electrons. The third-order valence-electron chi connectivity index (χ3n) is 4.66. The standard InChI is InChI=1S/C17H26N4O2S.HI/c1-13-8-10-21(11-9-13)17(18)19-12-14-2-6-16(7-3-14)24(22,23)20-15-4-5-15;/h2-3,6-7,13,15,20H,4-5,8-12H2,1H3,(H2,18,19);1H. The normalized spacial score (nSPS) is 19.6. The molecule has 1 aromatic rings. The van der Waals surface area contributed by atoms with Gasteiger partial charge >= 0.3 is 0 Å². The number of nitrogens with two attached hydrogens (primary N) is 1. The van der Waals surface area contributed by atoms with Gasteiger partial charge in [-0.25, -0.2) is 18.1 Å². The first-order chi connectivity index (χ1) is 11.4. The van der Waals surface area contributed by atoms with Crippen LogP contribution in [-0.2, 0) is 16.6 Å². The Morgan fingerprint density at radius 3 is 2.36 bits per heavy atom. The molecule has 0 atom stereocenters. The molecule has 0 aromatic heterocycles. The molecule has 0 unspecified atom stereocenters. The number of nitrogens with zero attached hydrogens (tertiary/aromatic N) is 2. The van der Waals surface area contributed by atoms with E-state index in [1.54, 1.807) is 24.3 Å². The van der Waals surface area contributed by atoms with Gasteiger partial charge < -0.3 is 10.6 Å². The third kappa shape index (κ3) is 5.82. The number of hydrogen-bond donors (Lipinski definition) is 2. The maximum atomic E-state index is 12.1.